The van der Waals surface area contributed by atoms with Crippen molar-refractivity contribution < 1.29 is 17.7 Å². The van der Waals surface area contributed by atoms with Gasteiger partial charge >= 0.3 is 0 Å². The summed E-state index contributed by atoms with van der Waals surface area (Å²) >= 11 is 1.04. The molecule has 0 spiro atoms. The van der Waals surface area contributed by atoms with E-state index in [1.54, 1.807) is 35.8 Å². The summed E-state index contributed by atoms with van der Waals surface area (Å²) in [6.07, 6.45) is 1.65. The van der Waals surface area contributed by atoms with Crippen LogP contribution < -0.4 is 4.72 Å². The molecule has 1 N–H and O–H groups in total. The number of pyridine rings is 1. The number of nitrogens with zero attached hydrogens (tertiary/aromatic N) is 3. The lowest BCUT2D eigenvalue weighted by Crippen LogP contribution is -2.30. The second-order valence-corrected chi connectivity index (χ2v) is 7.54. The number of sulfonamides is 1. The Hall–Kier alpha value is -2.59. The third-order valence-corrected chi connectivity index (χ3v) is 5.71. The van der Waals surface area contributed by atoms with Crippen molar-refractivity contribution in [1.29, 1.82) is 0 Å². The number of amides is 1. The molecule has 10 heteroatoms. The van der Waals surface area contributed by atoms with E-state index in [0.717, 1.165) is 11.3 Å². The molecule has 1 amide bonds. The molecular weight excluding hydrogens is 352 g/mol. The summed E-state index contributed by atoms with van der Waals surface area (Å²) in [5.41, 5.74) is 0.553. The number of carbonyl (C=O) groups excluding carboxylic acids is 1. The van der Waals surface area contributed by atoms with Gasteiger partial charge in [0.25, 0.3) is 10.0 Å². The van der Waals surface area contributed by atoms with Gasteiger partial charge in [0.05, 0.1) is 0 Å². The lowest BCUT2D eigenvalue weighted by Gasteiger charge is -2.03. The highest BCUT2D eigenvalue weighted by atomic mass is 32.2. The van der Waals surface area contributed by atoms with E-state index in [1.165, 1.54) is 6.07 Å². The van der Waals surface area contributed by atoms with Crippen molar-refractivity contribution in [3.05, 3.63) is 47.8 Å². The number of rotatable bonds is 6. The van der Waals surface area contributed by atoms with Crippen molar-refractivity contribution in [2.45, 2.75) is 17.1 Å². The van der Waals surface area contributed by atoms with Crippen molar-refractivity contribution in [2.24, 2.45) is 0 Å². The van der Waals surface area contributed by atoms with Crippen LogP contribution in [0.25, 0.3) is 11.5 Å². The maximum atomic E-state index is 11.9. The zero-order chi connectivity index (χ0) is 17.0. The Morgan fingerprint density at radius 2 is 2.12 bits per heavy atom. The van der Waals surface area contributed by atoms with E-state index in [-0.39, 0.29) is 22.9 Å². The molecule has 0 saturated heterocycles. The number of thiophene rings is 1. The molecule has 8 nitrogen and oxygen atoms in total. The average molecular weight is 364 g/mol. The van der Waals surface area contributed by atoms with Crippen LogP contribution in [0.1, 0.15) is 12.3 Å². The van der Waals surface area contributed by atoms with Gasteiger partial charge in [-0.05, 0) is 23.6 Å². The molecule has 24 heavy (non-hydrogen) atoms. The Morgan fingerprint density at radius 1 is 1.25 bits per heavy atom. The quantitative estimate of drug-likeness (QED) is 0.707. The van der Waals surface area contributed by atoms with Crippen LogP contribution in [0.4, 0.5) is 0 Å². The molecule has 0 saturated carbocycles. The Morgan fingerprint density at radius 3 is 2.83 bits per heavy atom. The molecule has 0 aliphatic carbocycles. The molecular formula is C14H12N4O4S2. The van der Waals surface area contributed by atoms with Crippen molar-refractivity contribution in [3.63, 3.8) is 0 Å². The van der Waals surface area contributed by atoms with Gasteiger partial charge in [-0.3, -0.25) is 9.78 Å². The van der Waals surface area contributed by atoms with Gasteiger partial charge in [0.15, 0.2) is 0 Å². The molecule has 124 valence electrons. The molecule has 3 heterocycles. The SMILES string of the molecule is O=C(CCc1nc(-c2ccccn2)no1)NS(=O)(=O)c1cccs1. The maximum Gasteiger partial charge on any atom is 0.273 e. The molecule has 0 aliphatic heterocycles. The summed E-state index contributed by atoms with van der Waals surface area (Å²) in [6, 6.07) is 8.32. The molecule has 3 rings (SSSR count). The van der Waals surface area contributed by atoms with Crippen LogP contribution in [-0.4, -0.2) is 29.4 Å². The molecule has 0 fully saturated rings. The van der Waals surface area contributed by atoms with E-state index in [9.17, 15) is 13.2 Å². The fourth-order valence-electron chi connectivity index (χ4n) is 1.84. The number of aryl methyl sites for hydroxylation is 1. The zero-order valence-corrected chi connectivity index (χ0v) is 13.9. The van der Waals surface area contributed by atoms with Gasteiger partial charge in [-0.1, -0.05) is 17.3 Å². The van der Waals surface area contributed by atoms with E-state index in [1.807, 2.05) is 4.72 Å². The Kier molecular flexibility index (Phi) is 4.67. The van der Waals surface area contributed by atoms with Gasteiger partial charge in [0.1, 0.15) is 9.90 Å². The summed E-state index contributed by atoms with van der Waals surface area (Å²) in [5.74, 6) is -0.0856. The lowest BCUT2D eigenvalue weighted by molar-refractivity contribution is -0.119. The summed E-state index contributed by atoms with van der Waals surface area (Å²) < 4.78 is 31.0. The van der Waals surface area contributed by atoms with Crippen LogP contribution in [0.15, 0.2) is 50.6 Å². The van der Waals surface area contributed by atoms with Gasteiger partial charge in [-0.25, -0.2) is 13.1 Å². The zero-order valence-electron chi connectivity index (χ0n) is 12.2. The van der Waals surface area contributed by atoms with Gasteiger partial charge in [-0.2, -0.15) is 4.98 Å². The van der Waals surface area contributed by atoms with Crippen molar-refractivity contribution in [1.82, 2.24) is 19.8 Å². The van der Waals surface area contributed by atoms with E-state index in [2.05, 4.69) is 15.1 Å². The third kappa shape index (κ3) is 3.84. The largest absolute Gasteiger partial charge is 0.339 e. The highest BCUT2D eigenvalue weighted by Crippen LogP contribution is 2.16. The molecule has 0 bridgehead atoms. The second kappa shape index (κ2) is 6.89. The Labute approximate surface area is 141 Å². The molecule has 3 aromatic heterocycles. The lowest BCUT2D eigenvalue weighted by atomic mass is 10.3. The van der Waals surface area contributed by atoms with Crippen molar-refractivity contribution >= 4 is 27.3 Å². The van der Waals surface area contributed by atoms with Crippen LogP contribution in [0.3, 0.4) is 0 Å². The minimum atomic E-state index is -3.82. The predicted octanol–water partition coefficient (Wildman–Crippen LogP) is 1.63. The Bertz CT molecular complexity index is 921. The van der Waals surface area contributed by atoms with Crippen LogP contribution >= 0.6 is 11.3 Å². The molecule has 0 unspecified atom stereocenters. The fourth-order valence-corrected chi connectivity index (χ4v) is 3.85. The van der Waals surface area contributed by atoms with Crippen molar-refractivity contribution in [3.8, 4) is 11.5 Å². The summed E-state index contributed by atoms with van der Waals surface area (Å²) in [6.45, 7) is 0. The minimum Gasteiger partial charge on any atom is -0.339 e. The number of nitrogens with one attached hydrogen (secondary N) is 1. The standard InChI is InChI=1S/C14H12N4O4S2/c19-11(18-24(20,21)13-5-3-9-23-13)6-7-12-16-14(17-22-12)10-4-1-2-8-15-10/h1-5,8-9H,6-7H2,(H,18,19). The molecule has 0 aromatic carbocycles. The minimum absolute atomic E-state index is 0.0888. The van der Waals surface area contributed by atoms with Crippen LogP contribution in [0, 0.1) is 0 Å². The smallest absolute Gasteiger partial charge is 0.273 e. The monoisotopic (exact) mass is 364 g/mol. The number of hydrogen-bond acceptors (Lipinski definition) is 8. The maximum absolute atomic E-state index is 11.9. The first-order valence-corrected chi connectivity index (χ1v) is 9.24. The topological polar surface area (TPSA) is 115 Å². The normalized spacial score (nSPS) is 11.3. The van der Waals surface area contributed by atoms with E-state index in [4.69, 9.17) is 4.52 Å². The first-order valence-electron chi connectivity index (χ1n) is 6.88. The fraction of sp³-hybridized carbons (Fsp3) is 0.143. The summed E-state index contributed by atoms with van der Waals surface area (Å²) in [7, 11) is -3.82. The Balaban J connectivity index is 1.58. The highest BCUT2D eigenvalue weighted by molar-refractivity contribution is 7.92. The average Bonchev–Trinajstić information content (AvgIpc) is 3.25. The van der Waals surface area contributed by atoms with Crippen LogP contribution in [0.2, 0.25) is 0 Å². The second-order valence-electron chi connectivity index (χ2n) is 4.69. The van der Waals surface area contributed by atoms with Gasteiger partial charge in [0, 0.05) is 19.0 Å². The molecule has 0 radical (unpaired) electrons. The van der Waals surface area contributed by atoms with E-state index in [0.29, 0.717) is 11.5 Å². The van der Waals surface area contributed by atoms with Crippen molar-refractivity contribution in [2.75, 3.05) is 0 Å². The molecule has 0 atom stereocenters. The summed E-state index contributed by atoms with van der Waals surface area (Å²) in [4.78, 5) is 20.0. The predicted molar refractivity (Wildman–Crippen MR) is 85.5 cm³/mol. The van der Waals surface area contributed by atoms with E-state index >= 15 is 0 Å². The number of hydrogen-bond donors (Lipinski definition) is 1. The van der Waals surface area contributed by atoms with E-state index < -0.39 is 15.9 Å². The number of carbonyl (C=O) groups is 1. The van der Waals surface area contributed by atoms with Gasteiger partial charge in [-0.15, -0.1) is 11.3 Å². The molecule has 3 aromatic rings. The summed E-state index contributed by atoms with van der Waals surface area (Å²) in [5, 5.41) is 5.40. The van der Waals surface area contributed by atoms with Gasteiger partial charge in [0.2, 0.25) is 17.6 Å². The first kappa shape index (κ1) is 16.3. The number of aromatic nitrogens is 3. The van der Waals surface area contributed by atoms with Crippen LogP contribution in [0.5, 0.6) is 0 Å². The highest BCUT2D eigenvalue weighted by Gasteiger charge is 2.19. The van der Waals surface area contributed by atoms with Crippen LogP contribution in [-0.2, 0) is 21.2 Å². The molecule has 0 aliphatic rings. The third-order valence-electron chi connectivity index (χ3n) is 2.94. The van der Waals surface area contributed by atoms with Gasteiger partial charge < -0.3 is 4.52 Å². The first-order chi connectivity index (χ1) is 11.5.